The van der Waals surface area contributed by atoms with E-state index in [1.165, 1.54) is 0 Å². The molecule has 0 aliphatic carbocycles. The number of nitrogens with zero attached hydrogens (tertiary/aromatic N) is 1. The average molecular weight is 728 g/mol. The fraction of sp³-hybridized carbons (Fsp3) is 0.486. The highest BCUT2D eigenvalue weighted by atomic mass is 16.7. The molecule has 280 valence electrons. The van der Waals surface area contributed by atoms with Gasteiger partial charge in [-0.3, -0.25) is 44.2 Å². The van der Waals surface area contributed by atoms with Crippen molar-refractivity contribution in [2.45, 2.75) is 95.2 Å². The molecule has 0 radical (unpaired) electrons. The van der Waals surface area contributed by atoms with Crippen molar-refractivity contribution < 1.29 is 62.1 Å². The normalized spacial score (nSPS) is 27.6. The van der Waals surface area contributed by atoms with Crippen molar-refractivity contribution in [1.29, 1.82) is 0 Å². The second-order valence-corrected chi connectivity index (χ2v) is 12.3. The lowest BCUT2D eigenvalue weighted by molar-refractivity contribution is -0.530. The minimum absolute atomic E-state index is 0.0572. The quantitative estimate of drug-likeness (QED) is 0.143. The van der Waals surface area contributed by atoms with Crippen molar-refractivity contribution in [2.24, 2.45) is 0 Å². The summed E-state index contributed by atoms with van der Waals surface area (Å²) in [6.45, 7) is 3.21. The number of carbonyl (C=O) groups is 6. The summed E-state index contributed by atoms with van der Waals surface area (Å²) in [6, 6.07) is 13.3. The van der Waals surface area contributed by atoms with Gasteiger partial charge in [0.1, 0.15) is 18.8 Å². The molecule has 52 heavy (non-hydrogen) atoms. The van der Waals surface area contributed by atoms with Crippen LogP contribution in [-0.2, 0) is 63.6 Å². The Morgan fingerprint density at radius 1 is 0.846 bits per heavy atom. The van der Waals surface area contributed by atoms with Crippen LogP contribution in [0, 0.1) is 10.1 Å². The molecular weight excluding hydrogens is 686 g/mol. The topological polar surface area (TPSA) is 225 Å². The number of nitrogens with one attached hydrogen (secondary N) is 2. The van der Waals surface area contributed by atoms with Gasteiger partial charge in [-0.25, -0.2) is 0 Å². The predicted octanol–water partition coefficient (Wildman–Crippen LogP) is 1.13. The first-order chi connectivity index (χ1) is 24.7. The van der Waals surface area contributed by atoms with Gasteiger partial charge in [0, 0.05) is 32.6 Å². The third-order valence-electron chi connectivity index (χ3n) is 8.41. The molecule has 4 rings (SSSR count). The number of rotatable bonds is 11. The Morgan fingerprint density at radius 3 is 2.00 bits per heavy atom. The molecule has 17 nitrogen and oxygen atoms in total. The first-order valence-electron chi connectivity index (χ1n) is 16.5. The number of ether oxygens (including phenoxy) is 6. The van der Waals surface area contributed by atoms with E-state index < -0.39 is 109 Å². The standard InChI is InChI=1S/C35H41N3O14/c1-19(39)47-18-29-30(49-20(2)40)31(50-21(3)41)32(51-22(4)42)34(52-29)37-33(43)26-16-25(24-13-9-6-10-14-24)28(38(45)46)17-48-35(44)27(36-26)15-23-11-7-5-8-12-23/h5-14,25-32,34,36H,15-18H2,1-4H3,(H,37,43)/t25-,26?,27-,28+,29+,30+,31-,32+,34+/m0/s1. The Bertz CT molecular complexity index is 1610. The fourth-order valence-corrected chi connectivity index (χ4v) is 6.20. The van der Waals surface area contributed by atoms with Gasteiger partial charge in [-0.15, -0.1) is 0 Å². The molecule has 2 aromatic carbocycles. The van der Waals surface area contributed by atoms with Crippen LogP contribution < -0.4 is 10.6 Å². The molecule has 2 aromatic rings. The molecule has 17 heteroatoms. The molecular formula is C35H41N3O14. The van der Waals surface area contributed by atoms with Crippen LogP contribution in [0.1, 0.15) is 51.2 Å². The highest BCUT2D eigenvalue weighted by Gasteiger charge is 2.53. The third-order valence-corrected chi connectivity index (χ3v) is 8.41. The number of hydrogen-bond acceptors (Lipinski definition) is 15. The van der Waals surface area contributed by atoms with Gasteiger partial charge >= 0.3 is 29.8 Å². The van der Waals surface area contributed by atoms with Gasteiger partial charge in [-0.2, -0.15) is 0 Å². The van der Waals surface area contributed by atoms with E-state index in [-0.39, 0.29) is 12.8 Å². The maximum atomic E-state index is 14.4. The second-order valence-electron chi connectivity index (χ2n) is 12.3. The molecule has 9 atom stereocenters. The maximum Gasteiger partial charge on any atom is 0.323 e. The van der Waals surface area contributed by atoms with Crippen molar-refractivity contribution in [1.82, 2.24) is 10.6 Å². The van der Waals surface area contributed by atoms with Gasteiger partial charge in [-0.1, -0.05) is 60.7 Å². The molecule has 2 fully saturated rings. The van der Waals surface area contributed by atoms with E-state index in [4.69, 9.17) is 28.4 Å². The van der Waals surface area contributed by atoms with Crippen molar-refractivity contribution >= 4 is 35.8 Å². The number of benzene rings is 2. The molecule has 2 N–H and O–H groups in total. The summed E-state index contributed by atoms with van der Waals surface area (Å²) in [5.74, 6) is -5.93. The summed E-state index contributed by atoms with van der Waals surface area (Å²) in [6.07, 6.45) is -7.76. The number of esters is 5. The first-order valence-corrected chi connectivity index (χ1v) is 16.5. The van der Waals surface area contributed by atoms with E-state index in [0.717, 1.165) is 27.7 Å². The van der Waals surface area contributed by atoms with Gasteiger partial charge in [0.15, 0.2) is 31.1 Å². The molecule has 2 aliphatic rings. The summed E-state index contributed by atoms with van der Waals surface area (Å²) >= 11 is 0. The SMILES string of the molecule is CC(=O)OC[C@H]1O[C@@H](NC(=O)C2C[C@@H](c3ccccc3)[C@H]([N+](=O)[O-])COC(=O)[C@H](Cc3ccccc3)N2)[C@H](OC(C)=O)[C@@H](OC(C)=O)[C@@H]1OC(C)=O. The molecule has 2 heterocycles. The van der Waals surface area contributed by atoms with E-state index in [0.29, 0.717) is 11.1 Å². The van der Waals surface area contributed by atoms with Crippen LogP contribution in [0.15, 0.2) is 60.7 Å². The summed E-state index contributed by atoms with van der Waals surface area (Å²) in [4.78, 5) is 88.2. The molecule has 0 aromatic heterocycles. The number of cyclic esters (lactones) is 1. The molecule has 0 spiro atoms. The molecule has 2 aliphatic heterocycles. The molecule has 2 saturated heterocycles. The number of hydrogen-bond donors (Lipinski definition) is 2. The molecule has 1 unspecified atom stereocenters. The van der Waals surface area contributed by atoms with Gasteiger partial charge in [0.25, 0.3) is 6.04 Å². The van der Waals surface area contributed by atoms with Crippen molar-refractivity contribution in [3.8, 4) is 0 Å². The Balaban J connectivity index is 1.76. The molecule has 1 amide bonds. The Kier molecular flexibility index (Phi) is 13.8. The number of carbonyl (C=O) groups excluding carboxylic acids is 6. The van der Waals surface area contributed by atoms with Crippen LogP contribution in [-0.4, -0.2) is 103 Å². The highest BCUT2D eigenvalue weighted by Crippen LogP contribution is 2.31. The lowest BCUT2D eigenvalue weighted by Gasteiger charge is -2.44. The third kappa shape index (κ3) is 10.8. The zero-order valence-corrected chi connectivity index (χ0v) is 29.0. The zero-order chi connectivity index (χ0) is 37.9. The van der Waals surface area contributed by atoms with E-state index in [2.05, 4.69) is 10.6 Å². The average Bonchev–Trinajstić information content (AvgIpc) is 3.15. The van der Waals surface area contributed by atoms with Crippen LogP contribution in [0.2, 0.25) is 0 Å². The minimum atomic E-state index is -1.62. The van der Waals surface area contributed by atoms with Crippen molar-refractivity contribution in [2.75, 3.05) is 13.2 Å². The number of nitro groups is 1. The summed E-state index contributed by atoms with van der Waals surface area (Å²) in [7, 11) is 0. The van der Waals surface area contributed by atoms with Crippen LogP contribution in [0.3, 0.4) is 0 Å². The summed E-state index contributed by atoms with van der Waals surface area (Å²) in [5, 5.41) is 18.1. The van der Waals surface area contributed by atoms with Crippen molar-refractivity contribution in [3.63, 3.8) is 0 Å². The van der Waals surface area contributed by atoms with Crippen LogP contribution >= 0.6 is 0 Å². The Hall–Kier alpha value is -5.42. The Morgan fingerprint density at radius 2 is 1.42 bits per heavy atom. The fourth-order valence-electron chi connectivity index (χ4n) is 6.20. The number of amides is 1. The van der Waals surface area contributed by atoms with E-state index >= 15 is 0 Å². The predicted molar refractivity (Wildman–Crippen MR) is 176 cm³/mol. The van der Waals surface area contributed by atoms with Gasteiger partial charge in [0.05, 0.1) is 12.0 Å². The van der Waals surface area contributed by atoms with E-state index in [1.54, 1.807) is 60.7 Å². The maximum absolute atomic E-state index is 14.4. The summed E-state index contributed by atoms with van der Waals surface area (Å²) in [5.41, 5.74) is 1.22. The largest absolute Gasteiger partial charge is 0.463 e. The lowest BCUT2D eigenvalue weighted by atomic mass is 9.85. The van der Waals surface area contributed by atoms with Crippen molar-refractivity contribution in [3.05, 3.63) is 81.9 Å². The van der Waals surface area contributed by atoms with Crippen LogP contribution in [0.4, 0.5) is 0 Å². The molecule has 0 bridgehead atoms. The Labute approximate surface area is 298 Å². The van der Waals surface area contributed by atoms with Gasteiger partial charge < -0.3 is 33.7 Å². The van der Waals surface area contributed by atoms with Gasteiger partial charge in [0.2, 0.25) is 5.91 Å². The second kappa shape index (κ2) is 18.2. The minimum Gasteiger partial charge on any atom is -0.463 e. The summed E-state index contributed by atoms with van der Waals surface area (Å²) < 4.78 is 33.0. The van der Waals surface area contributed by atoms with E-state index in [9.17, 15) is 38.9 Å². The van der Waals surface area contributed by atoms with Gasteiger partial charge in [-0.05, 0) is 24.0 Å². The van der Waals surface area contributed by atoms with Crippen LogP contribution in [0.25, 0.3) is 0 Å². The first kappa shape index (κ1) is 39.4. The zero-order valence-electron chi connectivity index (χ0n) is 29.0. The smallest absolute Gasteiger partial charge is 0.323 e. The van der Waals surface area contributed by atoms with E-state index in [1.807, 2.05) is 0 Å². The molecule has 0 saturated carbocycles. The highest BCUT2D eigenvalue weighted by molar-refractivity contribution is 5.84. The lowest BCUT2D eigenvalue weighted by Crippen LogP contribution is -2.67. The van der Waals surface area contributed by atoms with Crippen LogP contribution in [0.5, 0.6) is 0 Å². The monoisotopic (exact) mass is 727 g/mol.